The van der Waals surface area contributed by atoms with Crippen LogP contribution in [-0.2, 0) is 39.4 Å². The van der Waals surface area contributed by atoms with Crippen LogP contribution in [0.2, 0.25) is 0 Å². The van der Waals surface area contributed by atoms with Crippen molar-refractivity contribution in [3.8, 4) is 5.75 Å². The standard InChI is InChI=1S/C20H26N2O2.C7H11FNO.C6H12O2.CH3NO.V/c1-24-15-9-10-17-19(12-15)22-20(23)18(21-17)6-4-2-3-5-13-7-8-14-11-16(13)14;1-9-3-2-6(4-8)7(9)5-10;1-6(2,3)5(8)4-7;2-1-3;/h9-10,12-14,16H,2-8,11H2,1H3,(H,22,23);6-7H,2-4H2,1H3;4-5,8H,1-3H3;1H,(H2,2,3);/q;-1;;;/t;;5-;;/m..1../s1. The largest absolute Gasteiger partial charge is 0.540 e. The van der Waals surface area contributed by atoms with Crippen molar-refractivity contribution in [2.75, 3.05) is 27.4 Å². The number of hydrogen-bond acceptors (Lipinski definition) is 8. The van der Waals surface area contributed by atoms with E-state index in [9.17, 15) is 18.8 Å². The Bertz CT molecular complexity index is 1270. The Morgan fingerprint density at radius 1 is 1.20 bits per heavy atom. The number of likely N-dealkylation sites (N-methyl/N-ethyl adjacent to an activating group) is 1. The third-order valence-electron chi connectivity index (χ3n) is 9.06. The van der Waals surface area contributed by atoms with Crippen molar-refractivity contribution in [3.63, 3.8) is 0 Å². The van der Waals surface area contributed by atoms with E-state index in [0.717, 1.165) is 60.3 Å². The van der Waals surface area contributed by atoms with Gasteiger partial charge in [-0.3, -0.25) is 14.0 Å². The summed E-state index contributed by atoms with van der Waals surface area (Å²) in [6.45, 7) is 5.85. The van der Waals surface area contributed by atoms with E-state index in [1.165, 1.54) is 38.5 Å². The van der Waals surface area contributed by atoms with Crippen LogP contribution < -0.4 is 16.0 Å². The predicted molar refractivity (Wildman–Crippen MR) is 173 cm³/mol. The van der Waals surface area contributed by atoms with E-state index in [1.54, 1.807) is 7.11 Å². The maximum Gasteiger partial charge on any atom is 0.270 e. The molecule has 2 aliphatic carbocycles. The number of nitrogens with one attached hydrogen (secondary N) is 1. The zero-order valence-corrected chi connectivity index (χ0v) is 29.3. The number of fused-ring (bicyclic) bond motifs is 2. The van der Waals surface area contributed by atoms with Gasteiger partial charge in [-0.05, 0) is 93.3 Å². The van der Waals surface area contributed by atoms with Gasteiger partial charge in [-0.25, -0.2) is 11.3 Å². The van der Waals surface area contributed by atoms with Crippen molar-refractivity contribution in [1.29, 1.82) is 0 Å². The van der Waals surface area contributed by atoms with Crippen molar-refractivity contribution in [1.82, 2.24) is 14.9 Å². The van der Waals surface area contributed by atoms with Crippen LogP contribution in [0.4, 0.5) is 4.39 Å². The Morgan fingerprint density at radius 2 is 1.89 bits per heavy atom. The van der Waals surface area contributed by atoms with Gasteiger partial charge in [0.1, 0.15) is 23.8 Å². The maximum absolute atomic E-state index is 12.2. The average Bonchev–Trinajstić information content (AvgIpc) is 3.55. The van der Waals surface area contributed by atoms with Crippen LogP contribution in [0, 0.1) is 29.1 Å². The number of H-pyrrole nitrogens is 1. The van der Waals surface area contributed by atoms with Gasteiger partial charge in [0.2, 0.25) is 6.41 Å². The topological polar surface area (TPSA) is 156 Å². The molecule has 1 aromatic carbocycles. The fourth-order valence-corrected chi connectivity index (χ4v) is 6.03. The molecule has 2 aromatic rings. The first kappa shape index (κ1) is 41.4. The second-order valence-electron chi connectivity index (χ2n) is 13.3. The molecule has 4 N–H and O–H groups in total. The van der Waals surface area contributed by atoms with Crippen molar-refractivity contribution in [3.05, 3.63) is 34.2 Å². The predicted octanol–water partition coefficient (Wildman–Crippen LogP) is 4.16. The van der Waals surface area contributed by atoms with E-state index in [2.05, 4.69) is 15.7 Å². The molecule has 46 heavy (non-hydrogen) atoms. The number of aromatic amines is 1. The van der Waals surface area contributed by atoms with E-state index in [-0.39, 0.29) is 47.9 Å². The molecule has 1 saturated heterocycles. The van der Waals surface area contributed by atoms with Gasteiger partial charge in [-0.15, -0.1) is 0 Å². The molecule has 1 aromatic heterocycles. The number of nitrogens with two attached hydrogens (primary N) is 1. The van der Waals surface area contributed by atoms with E-state index in [1.807, 2.05) is 57.2 Å². The number of aliphatic hydroxyl groups excluding tert-OH is 1. The monoisotopic (exact) mass is 682 g/mol. The number of rotatable bonds is 10. The van der Waals surface area contributed by atoms with Crippen LogP contribution in [-0.4, -0.2) is 78.5 Å². The van der Waals surface area contributed by atoms with Gasteiger partial charge in [-0.1, -0.05) is 46.1 Å². The first-order valence-electron chi connectivity index (χ1n) is 15.9. The van der Waals surface area contributed by atoms with Crippen molar-refractivity contribution >= 4 is 30.0 Å². The molecule has 1 amide bonds. The number of carbonyl (C=O) groups excluding carboxylic acids is 3. The number of alkyl halides is 1. The Labute approximate surface area is 284 Å². The third-order valence-corrected chi connectivity index (χ3v) is 9.06. The summed E-state index contributed by atoms with van der Waals surface area (Å²) in [6, 6.07) is 5.30. The van der Waals surface area contributed by atoms with Gasteiger partial charge in [-0.2, -0.15) is 0 Å². The number of aromatic nitrogens is 2. The zero-order valence-electron chi connectivity index (χ0n) is 27.9. The second-order valence-corrected chi connectivity index (χ2v) is 13.3. The molecule has 1 aliphatic heterocycles. The number of ether oxygens (including phenoxy) is 1. The SMILES string of the molecule is CC(C)(C)[C@H](O)C=O.CN1CCC(CF)C1[C-]=O.COc1ccc2nc(CCCCCC3CCC4CC34)c(=O)[nH]c2c1.NC=O.[V]. The summed E-state index contributed by atoms with van der Waals surface area (Å²) in [4.78, 5) is 50.3. The minimum atomic E-state index is -0.831. The summed E-state index contributed by atoms with van der Waals surface area (Å²) in [5.41, 5.74) is 6.03. The Hall–Kier alpha value is -2.60. The van der Waals surface area contributed by atoms with E-state index in [4.69, 9.17) is 14.6 Å². The van der Waals surface area contributed by atoms with Crippen LogP contribution in [0.3, 0.4) is 0 Å². The molecule has 10 nitrogen and oxygen atoms in total. The minimum absolute atomic E-state index is 0. The molecular weight excluding hydrogens is 630 g/mol. The fraction of sp³-hybridized carbons (Fsp3) is 0.676. The number of primary amides is 1. The number of amides is 1. The van der Waals surface area contributed by atoms with Crippen molar-refractivity contribution in [2.24, 2.45) is 34.8 Å². The first-order valence-corrected chi connectivity index (χ1v) is 15.9. The van der Waals surface area contributed by atoms with Crippen LogP contribution in [0.15, 0.2) is 23.0 Å². The number of hydrogen-bond donors (Lipinski definition) is 3. The smallest absolute Gasteiger partial charge is 0.270 e. The molecule has 257 valence electrons. The van der Waals surface area contributed by atoms with Crippen molar-refractivity contribution < 1.29 is 47.2 Å². The summed E-state index contributed by atoms with van der Waals surface area (Å²) >= 11 is 0. The van der Waals surface area contributed by atoms with Gasteiger partial charge >= 0.3 is 0 Å². The molecule has 0 spiro atoms. The molecule has 12 heteroatoms. The summed E-state index contributed by atoms with van der Waals surface area (Å²) < 4.78 is 17.3. The van der Waals surface area contributed by atoms with Crippen LogP contribution in [0.1, 0.15) is 77.8 Å². The molecule has 2 saturated carbocycles. The number of unbranched alkanes of at least 4 members (excludes halogenated alkanes) is 2. The molecule has 1 radical (unpaired) electrons. The van der Waals surface area contributed by atoms with E-state index < -0.39 is 12.8 Å². The van der Waals surface area contributed by atoms with E-state index in [0.29, 0.717) is 12.0 Å². The number of aliphatic hydroxyl groups is 1. The molecular formula is C34H52FN4O6V-. The Balaban J connectivity index is 0.000000399. The quantitative estimate of drug-likeness (QED) is 0.192. The number of nitrogens with zero attached hydrogens (tertiary/aromatic N) is 2. The number of carbonyl (C=O) groups is 2. The number of halogens is 1. The van der Waals surface area contributed by atoms with Crippen LogP contribution >= 0.6 is 0 Å². The Kier molecular flexibility index (Phi) is 18.6. The molecule has 6 atom stereocenters. The fourth-order valence-electron chi connectivity index (χ4n) is 6.03. The maximum atomic E-state index is 12.2. The molecule has 2 heterocycles. The normalized spacial score (nSPS) is 23.5. The molecule has 3 aliphatic rings. The zero-order chi connectivity index (χ0) is 33.6. The third kappa shape index (κ3) is 12.9. The molecule has 0 bridgehead atoms. The van der Waals surface area contributed by atoms with Gasteiger partial charge in [0.25, 0.3) is 5.56 Å². The number of aldehydes is 1. The Morgan fingerprint density at radius 3 is 2.37 bits per heavy atom. The van der Waals surface area contributed by atoms with Crippen molar-refractivity contribution in [2.45, 2.75) is 90.7 Å². The summed E-state index contributed by atoms with van der Waals surface area (Å²) in [6.07, 6.45) is 12.8. The van der Waals surface area contributed by atoms with Gasteiger partial charge in [0.05, 0.1) is 24.8 Å². The molecule has 5 rings (SSSR count). The van der Waals surface area contributed by atoms with Crippen LogP contribution in [0.5, 0.6) is 5.75 Å². The van der Waals surface area contributed by atoms with Gasteiger partial charge in [0.15, 0.2) is 0 Å². The van der Waals surface area contributed by atoms with Crippen LogP contribution in [0.25, 0.3) is 11.0 Å². The number of methoxy groups -OCH3 is 1. The number of aryl methyl sites for hydroxylation is 1. The van der Waals surface area contributed by atoms with Gasteiger partial charge < -0.3 is 35.1 Å². The minimum Gasteiger partial charge on any atom is -0.540 e. The number of likely N-dealkylation sites (tertiary alicyclic amines) is 1. The molecule has 5 unspecified atom stereocenters. The molecule has 3 fully saturated rings. The second kappa shape index (κ2) is 20.6. The first-order chi connectivity index (χ1) is 21.4. The summed E-state index contributed by atoms with van der Waals surface area (Å²) in [5.74, 6) is 3.80. The summed E-state index contributed by atoms with van der Waals surface area (Å²) in [7, 11) is 3.45. The van der Waals surface area contributed by atoms with Gasteiger partial charge in [0, 0.05) is 24.6 Å². The number of benzene rings is 1. The average molecular weight is 683 g/mol. The summed E-state index contributed by atoms with van der Waals surface area (Å²) in [5, 5.41) is 8.83. The van der Waals surface area contributed by atoms with E-state index >= 15 is 0 Å².